The molecule has 8 heteroatoms. The van der Waals surface area contributed by atoms with Crippen molar-refractivity contribution in [3.05, 3.63) is 64.6 Å². The van der Waals surface area contributed by atoms with E-state index in [1.807, 2.05) is 36.6 Å². The maximum Gasteiger partial charge on any atom is 0.256 e. The van der Waals surface area contributed by atoms with Gasteiger partial charge < -0.3 is 5.32 Å². The van der Waals surface area contributed by atoms with Gasteiger partial charge in [0.2, 0.25) is 0 Å². The smallest absolute Gasteiger partial charge is 0.256 e. The first-order valence-electron chi connectivity index (χ1n) is 8.67. The van der Waals surface area contributed by atoms with Crippen molar-refractivity contribution in [2.75, 3.05) is 7.05 Å². The Morgan fingerprint density at radius 2 is 2.14 bits per heavy atom. The van der Waals surface area contributed by atoms with E-state index in [-0.39, 0.29) is 11.9 Å². The molecule has 0 unspecified atom stereocenters. The monoisotopic (exact) mass is 390 g/mol. The number of thiophene rings is 1. The number of guanidine groups is 1. The minimum absolute atomic E-state index is 0.0531. The molecule has 2 N–H and O–H groups in total. The van der Waals surface area contributed by atoms with Crippen LogP contribution >= 0.6 is 11.3 Å². The van der Waals surface area contributed by atoms with Gasteiger partial charge in [0.1, 0.15) is 5.54 Å². The number of carbonyl (C=O) groups excluding carboxylic acids is 1. The zero-order valence-electron chi connectivity index (χ0n) is 15.4. The van der Waals surface area contributed by atoms with Gasteiger partial charge >= 0.3 is 0 Å². The van der Waals surface area contributed by atoms with Crippen LogP contribution in [0.1, 0.15) is 23.4 Å². The van der Waals surface area contributed by atoms with E-state index in [1.165, 1.54) is 16.2 Å². The van der Waals surface area contributed by atoms with Crippen LogP contribution in [0, 0.1) is 16.7 Å². The molecule has 2 aromatic heterocycles. The molecule has 140 valence electrons. The highest BCUT2D eigenvalue weighted by Gasteiger charge is 2.49. The number of likely N-dealkylation sites (N-methyl/N-ethyl adjacent to an activating group) is 1. The van der Waals surface area contributed by atoms with E-state index in [9.17, 15) is 4.79 Å². The van der Waals surface area contributed by atoms with Gasteiger partial charge in [-0.15, -0.1) is 11.3 Å². The number of nitrogens with one attached hydrogen (secondary N) is 2. The molecule has 1 saturated heterocycles. The predicted octanol–water partition coefficient (Wildman–Crippen LogP) is 2.94. The van der Waals surface area contributed by atoms with E-state index in [4.69, 9.17) is 10.7 Å². The molecule has 2 atom stereocenters. The molecule has 0 radical (unpaired) electrons. The lowest BCUT2D eigenvalue weighted by Gasteiger charge is -2.44. The van der Waals surface area contributed by atoms with E-state index < -0.39 is 11.6 Å². The number of carbonyl (C=O) groups is 1. The highest BCUT2D eigenvalue weighted by molar-refractivity contribution is 7.10. The molecule has 1 aliphatic rings. The third kappa shape index (κ3) is 2.77. The number of amides is 1. The Bertz CT molecular complexity index is 1100. The van der Waals surface area contributed by atoms with Crippen LogP contribution in [0.15, 0.2) is 54.2 Å². The molecule has 1 aliphatic heterocycles. The molecule has 0 aliphatic carbocycles. The van der Waals surface area contributed by atoms with Crippen LogP contribution in [0.3, 0.4) is 0 Å². The Hall–Kier alpha value is -3.44. The number of benzene rings is 1. The lowest BCUT2D eigenvalue weighted by Crippen LogP contribution is -2.63. The van der Waals surface area contributed by atoms with Gasteiger partial charge in [0.15, 0.2) is 12.0 Å². The minimum Gasteiger partial charge on any atom is -0.343 e. The quantitative estimate of drug-likeness (QED) is 0.718. The molecule has 1 amide bonds. The van der Waals surface area contributed by atoms with E-state index >= 15 is 0 Å². The fraction of sp³-hybridized carbons (Fsp3) is 0.200. The average molecular weight is 390 g/mol. The van der Waals surface area contributed by atoms with Gasteiger partial charge in [-0.3, -0.25) is 19.8 Å². The summed E-state index contributed by atoms with van der Waals surface area (Å²) in [6, 6.07) is 12.7. The van der Waals surface area contributed by atoms with Gasteiger partial charge in [-0.2, -0.15) is 10.4 Å². The minimum atomic E-state index is -0.831. The van der Waals surface area contributed by atoms with E-state index in [0.29, 0.717) is 5.56 Å². The fourth-order valence-electron chi connectivity index (χ4n) is 3.47. The topological polar surface area (TPSA) is 97.8 Å². The molecule has 28 heavy (non-hydrogen) atoms. The predicted molar refractivity (Wildman–Crippen MR) is 107 cm³/mol. The third-order valence-electron chi connectivity index (χ3n) is 5.05. The molecular weight excluding hydrogens is 372 g/mol. The molecular formula is C20H18N6OS. The molecule has 0 spiro atoms. The Labute approximate surface area is 166 Å². The highest BCUT2D eigenvalue weighted by atomic mass is 32.1. The molecule has 0 bridgehead atoms. The van der Waals surface area contributed by atoms with Gasteiger partial charge in [0.25, 0.3) is 5.91 Å². The second-order valence-corrected chi connectivity index (χ2v) is 7.77. The summed E-state index contributed by atoms with van der Waals surface area (Å²) in [4.78, 5) is 15.3. The van der Waals surface area contributed by atoms with Crippen LogP contribution in [0.5, 0.6) is 0 Å². The number of nitriles is 1. The Morgan fingerprint density at radius 3 is 2.86 bits per heavy atom. The van der Waals surface area contributed by atoms with Crippen LogP contribution in [0.4, 0.5) is 0 Å². The van der Waals surface area contributed by atoms with Crippen LogP contribution in [0.25, 0.3) is 11.1 Å². The number of nitrogens with zero attached hydrogens (tertiary/aromatic N) is 4. The van der Waals surface area contributed by atoms with Crippen molar-refractivity contribution in [2.45, 2.75) is 18.5 Å². The van der Waals surface area contributed by atoms with Crippen LogP contribution in [-0.2, 0) is 10.3 Å². The molecule has 0 saturated carbocycles. The largest absolute Gasteiger partial charge is 0.343 e. The van der Waals surface area contributed by atoms with Crippen LogP contribution < -0.4 is 5.32 Å². The van der Waals surface area contributed by atoms with Crippen molar-refractivity contribution in [3.63, 3.8) is 0 Å². The van der Waals surface area contributed by atoms with E-state index in [1.54, 1.807) is 36.3 Å². The maximum atomic E-state index is 13.0. The zero-order valence-corrected chi connectivity index (χ0v) is 16.2. The molecule has 1 fully saturated rings. The molecule has 7 nitrogen and oxygen atoms in total. The van der Waals surface area contributed by atoms with Gasteiger partial charge in [-0.25, -0.2) is 0 Å². The first-order chi connectivity index (χ1) is 13.4. The summed E-state index contributed by atoms with van der Waals surface area (Å²) < 4.78 is 1.63. The van der Waals surface area contributed by atoms with Crippen LogP contribution in [-0.4, -0.2) is 33.6 Å². The second-order valence-electron chi connectivity index (χ2n) is 6.85. The van der Waals surface area contributed by atoms with Gasteiger partial charge in [-0.05, 0) is 47.7 Å². The summed E-state index contributed by atoms with van der Waals surface area (Å²) in [6.45, 7) is 1.92. The van der Waals surface area contributed by atoms with Gasteiger partial charge in [0.05, 0.1) is 11.6 Å². The molecule has 4 rings (SSSR count). The lowest BCUT2D eigenvalue weighted by molar-refractivity contribution is -0.134. The maximum absolute atomic E-state index is 13.0. The number of rotatable bonds is 3. The van der Waals surface area contributed by atoms with E-state index in [0.717, 1.165) is 16.0 Å². The highest BCUT2D eigenvalue weighted by Crippen LogP contribution is 2.41. The first kappa shape index (κ1) is 17.9. The zero-order chi connectivity index (χ0) is 19.9. The first-order valence-corrected chi connectivity index (χ1v) is 9.55. The molecule has 3 heterocycles. The lowest BCUT2D eigenvalue weighted by atomic mass is 9.86. The summed E-state index contributed by atoms with van der Waals surface area (Å²) in [7, 11) is 1.58. The standard InChI is InChI=1S/C20H18N6OS/c1-20(16-10-15(12-28-16)14-6-3-5-13(9-14)11-21)17(26-8-4-7-23-26)18(27)25(2)19(22)24-20/h3-10,12,17H,1-2H3,(H2,22,24)/t17-,20-/m1/s1. The second kappa shape index (κ2) is 6.62. The Kier molecular flexibility index (Phi) is 4.24. The summed E-state index contributed by atoms with van der Waals surface area (Å²) in [5, 5.41) is 26.8. The van der Waals surface area contributed by atoms with Crippen molar-refractivity contribution < 1.29 is 4.79 Å². The van der Waals surface area contributed by atoms with Crippen molar-refractivity contribution in [1.82, 2.24) is 20.0 Å². The third-order valence-corrected chi connectivity index (χ3v) is 6.22. The number of aromatic nitrogens is 2. The van der Waals surface area contributed by atoms with Crippen molar-refractivity contribution in [2.24, 2.45) is 0 Å². The molecule has 3 aromatic rings. The summed E-state index contributed by atoms with van der Waals surface area (Å²) in [5.41, 5.74) is 1.68. The van der Waals surface area contributed by atoms with E-state index in [2.05, 4.69) is 16.5 Å². The average Bonchev–Trinajstić information content (AvgIpc) is 3.39. The van der Waals surface area contributed by atoms with Crippen molar-refractivity contribution in [3.8, 4) is 17.2 Å². The Morgan fingerprint density at radius 1 is 1.32 bits per heavy atom. The van der Waals surface area contributed by atoms with Gasteiger partial charge in [-0.1, -0.05) is 12.1 Å². The SMILES string of the molecule is CN1C(=N)N[C@](C)(c2cc(-c3cccc(C#N)c3)cs2)[C@H](n2cccn2)C1=O. The fourth-order valence-corrected chi connectivity index (χ4v) is 4.53. The summed E-state index contributed by atoms with van der Waals surface area (Å²) in [5.74, 6) is -0.145. The normalized spacial score (nSPS) is 22.0. The van der Waals surface area contributed by atoms with Crippen molar-refractivity contribution in [1.29, 1.82) is 10.7 Å². The summed E-state index contributed by atoms with van der Waals surface area (Å²) >= 11 is 1.52. The Balaban J connectivity index is 1.79. The number of hydrogen-bond donors (Lipinski definition) is 2. The van der Waals surface area contributed by atoms with Crippen molar-refractivity contribution >= 4 is 23.2 Å². The molecule has 1 aromatic carbocycles. The number of hydrogen-bond acceptors (Lipinski definition) is 5. The van der Waals surface area contributed by atoms with Gasteiger partial charge in [0, 0.05) is 24.3 Å². The summed E-state index contributed by atoms with van der Waals surface area (Å²) in [6.07, 6.45) is 3.40. The van der Waals surface area contributed by atoms with Crippen LogP contribution in [0.2, 0.25) is 0 Å².